The number of phenolic OH excluding ortho intramolecular Hbond substituents is 1. The number of phenols is 1. The minimum Gasteiger partial charge on any atom is -0.506 e. The summed E-state index contributed by atoms with van der Waals surface area (Å²) in [6.45, 7) is 2.10. The van der Waals surface area contributed by atoms with Crippen molar-refractivity contribution < 1.29 is 14.6 Å². The smallest absolute Gasteiger partial charge is 0.161 e. The molecule has 1 N–H and O–H groups in total. The van der Waals surface area contributed by atoms with Gasteiger partial charge in [-0.2, -0.15) is 0 Å². The molecule has 0 saturated carbocycles. The second kappa shape index (κ2) is 6.18. The number of nitrogens with zero attached hydrogens (tertiary/aromatic N) is 1. The van der Waals surface area contributed by atoms with E-state index in [-0.39, 0.29) is 5.75 Å². The molecule has 0 aliphatic carbocycles. The van der Waals surface area contributed by atoms with Gasteiger partial charge in [-0.15, -0.1) is 0 Å². The van der Waals surface area contributed by atoms with E-state index in [1.807, 2.05) is 12.1 Å². The largest absolute Gasteiger partial charge is 0.506 e. The van der Waals surface area contributed by atoms with Crippen molar-refractivity contribution in [3.63, 3.8) is 0 Å². The Morgan fingerprint density at radius 2 is 1.78 bits per heavy atom. The van der Waals surface area contributed by atoms with Gasteiger partial charge in [0, 0.05) is 18.0 Å². The number of fused-ring (bicyclic) bond motifs is 7. The summed E-state index contributed by atoms with van der Waals surface area (Å²) in [5, 5.41) is 14.8. The van der Waals surface area contributed by atoms with Gasteiger partial charge >= 0.3 is 0 Å². The van der Waals surface area contributed by atoms with Crippen molar-refractivity contribution in [2.75, 3.05) is 20.8 Å². The number of halogens is 1. The van der Waals surface area contributed by atoms with Crippen molar-refractivity contribution in [1.82, 2.24) is 4.90 Å². The van der Waals surface area contributed by atoms with Crippen molar-refractivity contribution in [2.45, 2.75) is 31.8 Å². The van der Waals surface area contributed by atoms with Crippen LogP contribution in [0.3, 0.4) is 0 Å². The number of hydrogen-bond donors (Lipinski definition) is 1. The molecule has 2 heterocycles. The van der Waals surface area contributed by atoms with Crippen LogP contribution in [-0.2, 0) is 13.0 Å². The second-order valence-electron chi connectivity index (χ2n) is 7.50. The van der Waals surface area contributed by atoms with Crippen LogP contribution in [0.25, 0.3) is 21.5 Å². The van der Waals surface area contributed by atoms with Gasteiger partial charge in [-0.1, -0.05) is 17.7 Å². The first-order valence-corrected chi connectivity index (χ1v) is 9.74. The van der Waals surface area contributed by atoms with Gasteiger partial charge in [0.05, 0.1) is 19.2 Å². The number of rotatable bonds is 2. The molecule has 5 rings (SSSR count). The third-order valence-corrected chi connectivity index (χ3v) is 6.61. The van der Waals surface area contributed by atoms with Crippen molar-refractivity contribution in [3.05, 3.63) is 40.4 Å². The molecular formula is C22H22ClNO3. The maximum Gasteiger partial charge on any atom is 0.161 e. The molecule has 0 amide bonds. The Balaban J connectivity index is 1.93. The molecule has 0 unspecified atom stereocenters. The van der Waals surface area contributed by atoms with Crippen molar-refractivity contribution in [2.24, 2.45) is 0 Å². The molecule has 1 atom stereocenters. The molecule has 2 aliphatic rings. The fourth-order valence-electron chi connectivity index (χ4n) is 4.93. The number of hydrogen-bond acceptors (Lipinski definition) is 4. The Morgan fingerprint density at radius 1 is 1.04 bits per heavy atom. The zero-order chi connectivity index (χ0) is 18.7. The van der Waals surface area contributed by atoms with E-state index in [2.05, 4.69) is 11.0 Å². The molecule has 27 heavy (non-hydrogen) atoms. The third kappa shape index (κ3) is 2.40. The number of aromatic hydroxyl groups is 1. The second-order valence-corrected chi connectivity index (χ2v) is 7.88. The predicted molar refractivity (Wildman–Crippen MR) is 108 cm³/mol. The Labute approximate surface area is 163 Å². The molecule has 0 radical (unpaired) electrons. The Morgan fingerprint density at radius 3 is 2.52 bits per heavy atom. The van der Waals surface area contributed by atoms with Crippen LogP contribution in [0.2, 0.25) is 5.02 Å². The lowest BCUT2D eigenvalue weighted by atomic mass is 9.85. The highest BCUT2D eigenvalue weighted by Gasteiger charge is 2.33. The van der Waals surface area contributed by atoms with E-state index in [1.165, 1.54) is 24.0 Å². The molecule has 5 heteroatoms. The van der Waals surface area contributed by atoms with Gasteiger partial charge in [0.15, 0.2) is 11.5 Å². The molecule has 0 spiro atoms. The Kier molecular flexibility index (Phi) is 3.88. The summed E-state index contributed by atoms with van der Waals surface area (Å²) in [7, 11) is 3.30. The van der Waals surface area contributed by atoms with Crippen LogP contribution in [0.5, 0.6) is 17.2 Å². The van der Waals surface area contributed by atoms with Gasteiger partial charge < -0.3 is 14.6 Å². The molecule has 1 saturated heterocycles. The van der Waals surface area contributed by atoms with Crippen LogP contribution in [0.1, 0.15) is 24.0 Å². The molecular weight excluding hydrogens is 362 g/mol. The summed E-state index contributed by atoms with van der Waals surface area (Å²) < 4.78 is 11.1. The van der Waals surface area contributed by atoms with Gasteiger partial charge in [0.2, 0.25) is 0 Å². The topological polar surface area (TPSA) is 41.9 Å². The average Bonchev–Trinajstić information content (AvgIpc) is 3.15. The fraction of sp³-hybridized carbons (Fsp3) is 0.364. The molecule has 2 aliphatic heterocycles. The maximum absolute atomic E-state index is 10.3. The van der Waals surface area contributed by atoms with Crippen molar-refractivity contribution in [1.29, 1.82) is 0 Å². The van der Waals surface area contributed by atoms with E-state index < -0.39 is 0 Å². The number of methoxy groups -OCH3 is 2. The maximum atomic E-state index is 10.3. The highest BCUT2D eigenvalue weighted by Crippen LogP contribution is 2.46. The molecule has 1 fully saturated rings. The van der Waals surface area contributed by atoms with Crippen molar-refractivity contribution >= 4 is 33.1 Å². The molecule has 0 bridgehead atoms. The lowest BCUT2D eigenvalue weighted by Crippen LogP contribution is -2.35. The summed E-state index contributed by atoms with van der Waals surface area (Å²) in [6, 6.07) is 8.36. The molecule has 140 valence electrons. The zero-order valence-electron chi connectivity index (χ0n) is 15.5. The molecule has 3 aromatic rings. The van der Waals surface area contributed by atoms with Crippen LogP contribution in [0.4, 0.5) is 0 Å². The van der Waals surface area contributed by atoms with Crippen LogP contribution >= 0.6 is 11.6 Å². The summed E-state index contributed by atoms with van der Waals surface area (Å²) in [6.07, 6.45) is 3.53. The minimum atomic E-state index is 0.110. The lowest BCUT2D eigenvalue weighted by molar-refractivity contribution is 0.229. The number of ether oxygens (including phenoxy) is 2. The van der Waals surface area contributed by atoms with Gasteiger partial charge in [-0.25, -0.2) is 0 Å². The highest BCUT2D eigenvalue weighted by atomic mass is 35.5. The summed E-state index contributed by atoms with van der Waals surface area (Å²) in [4.78, 5) is 2.59. The third-order valence-electron chi connectivity index (χ3n) is 6.23. The average molecular weight is 384 g/mol. The quantitative estimate of drug-likeness (QED) is 0.640. The lowest BCUT2D eigenvalue weighted by Gasteiger charge is -2.33. The van der Waals surface area contributed by atoms with E-state index in [0.717, 1.165) is 41.1 Å². The van der Waals surface area contributed by atoms with Crippen LogP contribution in [0.15, 0.2) is 24.3 Å². The van der Waals surface area contributed by atoms with Gasteiger partial charge in [0.1, 0.15) is 5.75 Å². The summed E-state index contributed by atoms with van der Waals surface area (Å²) >= 11 is 6.60. The first-order chi connectivity index (χ1) is 13.1. The SMILES string of the molecule is COc1cc2c3c(c4ccc(O)c(Cl)c4c2cc1OC)C[C@@H]1CCCN1C3. The summed E-state index contributed by atoms with van der Waals surface area (Å²) in [5.41, 5.74) is 2.70. The molecule has 0 aromatic heterocycles. The minimum absolute atomic E-state index is 0.110. The van der Waals surface area contributed by atoms with E-state index in [1.54, 1.807) is 20.3 Å². The monoisotopic (exact) mass is 383 g/mol. The first-order valence-electron chi connectivity index (χ1n) is 9.37. The van der Waals surface area contributed by atoms with E-state index in [0.29, 0.717) is 22.6 Å². The van der Waals surface area contributed by atoms with Gasteiger partial charge in [-0.3, -0.25) is 4.90 Å². The summed E-state index contributed by atoms with van der Waals surface area (Å²) in [5.74, 6) is 1.49. The van der Waals surface area contributed by atoms with Crippen molar-refractivity contribution in [3.8, 4) is 17.2 Å². The Bertz CT molecular complexity index is 1080. The van der Waals surface area contributed by atoms with Crippen LogP contribution < -0.4 is 9.47 Å². The number of benzene rings is 3. The van der Waals surface area contributed by atoms with Gasteiger partial charge in [-0.05, 0) is 71.3 Å². The normalized spacial score (nSPS) is 19.3. The van der Waals surface area contributed by atoms with E-state index in [4.69, 9.17) is 21.1 Å². The molecule has 4 nitrogen and oxygen atoms in total. The highest BCUT2D eigenvalue weighted by molar-refractivity contribution is 6.39. The molecule has 3 aromatic carbocycles. The van der Waals surface area contributed by atoms with E-state index >= 15 is 0 Å². The first kappa shape index (κ1) is 17.0. The standard InChI is InChI=1S/C22H22ClNO3/c1-26-19-9-15-16(10-20(19)27-2)21-13(5-6-18(25)22(21)23)14-8-12-4-3-7-24(12)11-17(14)15/h5-6,9-10,12,25H,3-4,7-8,11H2,1-2H3/t12-/m0/s1. The zero-order valence-corrected chi connectivity index (χ0v) is 16.3. The fourth-order valence-corrected chi connectivity index (χ4v) is 5.19. The van der Waals surface area contributed by atoms with E-state index in [9.17, 15) is 5.11 Å². The van der Waals surface area contributed by atoms with Gasteiger partial charge in [0.25, 0.3) is 0 Å². The Hall–Kier alpha value is -2.17. The van der Waals surface area contributed by atoms with Crippen LogP contribution in [0, 0.1) is 0 Å². The van der Waals surface area contributed by atoms with Crippen LogP contribution in [-0.4, -0.2) is 36.8 Å². The predicted octanol–water partition coefficient (Wildman–Crippen LogP) is 4.89.